The van der Waals surface area contributed by atoms with Gasteiger partial charge in [-0.2, -0.15) is 0 Å². The van der Waals surface area contributed by atoms with Crippen LogP contribution in [0.15, 0.2) is 24.3 Å². The fraction of sp³-hybridized carbons (Fsp3) is 0.600. The van der Waals surface area contributed by atoms with Gasteiger partial charge < -0.3 is 4.74 Å². The molecule has 1 saturated carbocycles. The zero-order valence-electron chi connectivity index (χ0n) is 10.7. The third kappa shape index (κ3) is 2.31. The summed E-state index contributed by atoms with van der Waals surface area (Å²) in [6, 6.07) is 7.93. The number of benzene rings is 1. The maximum Gasteiger partial charge on any atom is 0.119 e. The first-order chi connectivity index (χ1) is 8.19. The minimum absolute atomic E-state index is 0.285. The molecule has 1 nitrogen and oxygen atoms in total. The zero-order valence-corrected chi connectivity index (χ0v) is 10.7. The third-order valence-electron chi connectivity index (χ3n) is 4.15. The first-order valence-electron chi connectivity index (χ1n) is 6.48. The van der Waals surface area contributed by atoms with Crippen LogP contribution in [0.3, 0.4) is 0 Å². The second-order valence-corrected chi connectivity index (χ2v) is 5.06. The Hall–Kier alpha value is -1.05. The number of hydrogen-bond acceptors (Lipinski definition) is 1. The van der Waals surface area contributed by atoms with E-state index in [4.69, 9.17) is 4.74 Å². The molecule has 1 atom stereocenters. The lowest BCUT2D eigenvalue weighted by molar-refractivity contribution is 0.150. The van der Waals surface area contributed by atoms with Crippen LogP contribution < -0.4 is 4.74 Å². The largest absolute Gasteiger partial charge is 0.497 e. The molecule has 2 heteroatoms. The summed E-state index contributed by atoms with van der Waals surface area (Å²) in [6.07, 6.45) is 4.61. The first-order valence-corrected chi connectivity index (χ1v) is 6.48. The Balaban J connectivity index is 2.37. The second kappa shape index (κ2) is 5.07. The molecule has 94 valence electrons. The van der Waals surface area contributed by atoms with Gasteiger partial charge in [0, 0.05) is 5.41 Å². The highest BCUT2D eigenvalue weighted by atomic mass is 19.1. The van der Waals surface area contributed by atoms with Gasteiger partial charge in [0.1, 0.15) is 11.9 Å². The first kappa shape index (κ1) is 12.4. The standard InChI is InChI=1S/C15H21FO/c1-12(16)15(9-4-3-5-10-15)13-7-6-8-14(11-13)17-2/h6-8,11-12H,3-5,9-10H2,1-2H3. The Kier molecular flexibility index (Phi) is 3.70. The van der Waals surface area contributed by atoms with E-state index in [1.165, 1.54) is 6.42 Å². The van der Waals surface area contributed by atoms with Gasteiger partial charge in [-0.3, -0.25) is 0 Å². The van der Waals surface area contributed by atoms with Crippen molar-refractivity contribution in [1.29, 1.82) is 0 Å². The Morgan fingerprint density at radius 3 is 2.53 bits per heavy atom. The van der Waals surface area contributed by atoms with Crippen LogP contribution in [0.4, 0.5) is 4.39 Å². The van der Waals surface area contributed by atoms with Crippen molar-refractivity contribution in [3.63, 3.8) is 0 Å². The van der Waals surface area contributed by atoms with Crippen molar-refractivity contribution in [3.05, 3.63) is 29.8 Å². The third-order valence-corrected chi connectivity index (χ3v) is 4.15. The number of rotatable bonds is 3. The van der Waals surface area contributed by atoms with Gasteiger partial charge in [0.05, 0.1) is 7.11 Å². The molecule has 0 bridgehead atoms. The number of ether oxygens (including phenoxy) is 1. The van der Waals surface area contributed by atoms with Crippen LogP contribution in [-0.2, 0) is 5.41 Å². The Bertz CT molecular complexity index is 367. The van der Waals surface area contributed by atoms with Gasteiger partial charge in [0.15, 0.2) is 0 Å². The van der Waals surface area contributed by atoms with Crippen LogP contribution in [0.5, 0.6) is 5.75 Å². The molecule has 0 radical (unpaired) electrons. The van der Waals surface area contributed by atoms with E-state index >= 15 is 0 Å². The molecule has 0 amide bonds. The van der Waals surface area contributed by atoms with E-state index in [2.05, 4.69) is 0 Å². The molecule has 1 fully saturated rings. The van der Waals surface area contributed by atoms with E-state index in [0.717, 1.165) is 37.0 Å². The van der Waals surface area contributed by atoms with Crippen molar-refractivity contribution < 1.29 is 9.13 Å². The average Bonchev–Trinajstić information content (AvgIpc) is 2.39. The molecule has 1 aliphatic carbocycles. The molecular formula is C15H21FO. The fourth-order valence-electron chi connectivity index (χ4n) is 3.03. The number of methoxy groups -OCH3 is 1. The predicted molar refractivity (Wildman–Crippen MR) is 68.3 cm³/mol. The molecule has 1 unspecified atom stereocenters. The van der Waals surface area contributed by atoms with E-state index in [9.17, 15) is 4.39 Å². The van der Waals surface area contributed by atoms with Gasteiger partial charge in [-0.1, -0.05) is 31.4 Å². The maximum absolute atomic E-state index is 14.1. The highest BCUT2D eigenvalue weighted by molar-refractivity contribution is 5.35. The SMILES string of the molecule is COc1cccc(C2(C(C)F)CCCCC2)c1. The fourth-order valence-corrected chi connectivity index (χ4v) is 3.03. The van der Waals surface area contributed by atoms with E-state index < -0.39 is 6.17 Å². The van der Waals surface area contributed by atoms with Crippen molar-refractivity contribution in [2.45, 2.75) is 50.6 Å². The number of hydrogen-bond donors (Lipinski definition) is 0. The smallest absolute Gasteiger partial charge is 0.119 e. The van der Waals surface area contributed by atoms with Crippen LogP contribution >= 0.6 is 0 Å². The lowest BCUT2D eigenvalue weighted by Crippen LogP contribution is -2.37. The summed E-state index contributed by atoms with van der Waals surface area (Å²) >= 11 is 0. The summed E-state index contributed by atoms with van der Waals surface area (Å²) < 4.78 is 19.4. The molecule has 0 aromatic heterocycles. The molecule has 0 spiro atoms. The van der Waals surface area contributed by atoms with E-state index in [1.54, 1.807) is 14.0 Å². The van der Waals surface area contributed by atoms with Crippen LogP contribution in [0.1, 0.15) is 44.6 Å². The Morgan fingerprint density at radius 1 is 1.24 bits per heavy atom. The molecule has 1 aliphatic rings. The van der Waals surface area contributed by atoms with E-state index in [-0.39, 0.29) is 5.41 Å². The van der Waals surface area contributed by atoms with Crippen LogP contribution in [-0.4, -0.2) is 13.3 Å². The van der Waals surface area contributed by atoms with Crippen LogP contribution in [0.2, 0.25) is 0 Å². The van der Waals surface area contributed by atoms with Crippen molar-refractivity contribution in [2.24, 2.45) is 0 Å². The van der Waals surface area contributed by atoms with Gasteiger partial charge in [0.25, 0.3) is 0 Å². The summed E-state index contributed by atoms with van der Waals surface area (Å²) in [7, 11) is 1.66. The molecule has 17 heavy (non-hydrogen) atoms. The summed E-state index contributed by atoms with van der Waals surface area (Å²) in [5.41, 5.74) is 0.818. The minimum Gasteiger partial charge on any atom is -0.497 e. The summed E-state index contributed by atoms with van der Waals surface area (Å²) in [5.74, 6) is 0.827. The highest BCUT2D eigenvalue weighted by Gasteiger charge is 2.39. The minimum atomic E-state index is -0.796. The van der Waals surface area contributed by atoms with Crippen LogP contribution in [0, 0.1) is 0 Å². The van der Waals surface area contributed by atoms with Crippen molar-refractivity contribution in [3.8, 4) is 5.75 Å². The second-order valence-electron chi connectivity index (χ2n) is 5.06. The molecule has 2 rings (SSSR count). The predicted octanol–water partition coefficient (Wildman–Crippen LogP) is 4.26. The summed E-state index contributed by atoms with van der Waals surface area (Å²) in [6.45, 7) is 1.70. The molecule has 0 heterocycles. The average molecular weight is 236 g/mol. The maximum atomic E-state index is 14.1. The Morgan fingerprint density at radius 2 is 1.94 bits per heavy atom. The molecule has 0 aliphatic heterocycles. The molecule has 1 aromatic rings. The molecule has 0 saturated heterocycles. The quantitative estimate of drug-likeness (QED) is 0.762. The number of alkyl halides is 1. The highest BCUT2D eigenvalue weighted by Crippen LogP contribution is 2.44. The summed E-state index contributed by atoms with van der Waals surface area (Å²) in [5, 5.41) is 0. The van der Waals surface area contributed by atoms with Crippen LogP contribution in [0.25, 0.3) is 0 Å². The van der Waals surface area contributed by atoms with E-state index in [0.29, 0.717) is 0 Å². The monoisotopic (exact) mass is 236 g/mol. The lowest BCUT2D eigenvalue weighted by atomic mass is 9.67. The zero-order chi connectivity index (χ0) is 12.3. The van der Waals surface area contributed by atoms with E-state index in [1.807, 2.05) is 24.3 Å². The topological polar surface area (TPSA) is 9.23 Å². The van der Waals surface area contributed by atoms with Crippen molar-refractivity contribution >= 4 is 0 Å². The summed E-state index contributed by atoms with van der Waals surface area (Å²) in [4.78, 5) is 0. The van der Waals surface area contributed by atoms with Gasteiger partial charge >= 0.3 is 0 Å². The van der Waals surface area contributed by atoms with Gasteiger partial charge in [-0.15, -0.1) is 0 Å². The van der Waals surface area contributed by atoms with Gasteiger partial charge in [0.2, 0.25) is 0 Å². The van der Waals surface area contributed by atoms with Crippen molar-refractivity contribution in [2.75, 3.05) is 7.11 Å². The lowest BCUT2D eigenvalue weighted by Gasteiger charge is -2.39. The van der Waals surface area contributed by atoms with Gasteiger partial charge in [-0.25, -0.2) is 4.39 Å². The number of halogens is 1. The Labute approximate surface area is 103 Å². The van der Waals surface area contributed by atoms with Gasteiger partial charge in [-0.05, 0) is 37.5 Å². The normalized spacial score (nSPS) is 20.9. The molecule has 1 aromatic carbocycles. The van der Waals surface area contributed by atoms with Crippen molar-refractivity contribution in [1.82, 2.24) is 0 Å². The molecular weight excluding hydrogens is 215 g/mol. The molecule has 0 N–H and O–H groups in total.